The Balaban J connectivity index is 2.88. The lowest BCUT2D eigenvalue weighted by atomic mass is 10.0. The lowest BCUT2D eigenvalue weighted by molar-refractivity contribution is 0.602. The monoisotopic (exact) mass is 253 g/mol. The van der Waals surface area contributed by atoms with Gasteiger partial charge in [-0.2, -0.15) is 11.8 Å². The van der Waals surface area contributed by atoms with Gasteiger partial charge in [-0.05, 0) is 30.3 Å². The van der Waals surface area contributed by atoms with E-state index >= 15 is 0 Å². The van der Waals surface area contributed by atoms with Crippen molar-refractivity contribution < 1.29 is 0 Å². The Labute approximate surface area is 109 Å². The minimum Gasteiger partial charge on any atom is -0.383 e. The van der Waals surface area contributed by atoms with Crippen LogP contribution >= 0.6 is 11.8 Å². The second-order valence-electron chi connectivity index (χ2n) is 4.42. The number of aromatic nitrogens is 1. The summed E-state index contributed by atoms with van der Waals surface area (Å²) in [7, 11) is 0. The van der Waals surface area contributed by atoms with E-state index in [9.17, 15) is 0 Å². The van der Waals surface area contributed by atoms with Crippen LogP contribution in [-0.2, 0) is 0 Å². The van der Waals surface area contributed by atoms with E-state index in [4.69, 9.17) is 5.73 Å². The lowest BCUT2D eigenvalue weighted by Gasteiger charge is -2.22. The highest BCUT2D eigenvalue weighted by Crippen LogP contribution is 2.26. The van der Waals surface area contributed by atoms with E-state index in [0.717, 1.165) is 17.9 Å². The molecule has 0 aliphatic rings. The topological polar surface area (TPSA) is 50.9 Å². The summed E-state index contributed by atoms with van der Waals surface area (Å²) in [5, 5.41) is 4.13. The quantitative estimate of drug-likeness (QED) is 0.818. The first-order valence-electron chi connectivity index (χ1n) is 6.12. The van der Waals surface area contributed by atoms with E-state index in [1.807, 2.05) is 17.8 Å². The van der Waals surface area contributed by atoms with Gasteiger partial charge in [0.2, 0.25) is 0 Å². The molecule has 0 aromatic carbocycles. The molecule has 0 saturated carbocycles. The van der Waals surface area contributed by atoms with Gasteiger partial charge in [0.15, 0.2) is 0 Å². The van der Waals surface area contributed by atoms with Crippen molar-refractivity contribution in [2.24, 2.45) is 0 Å². The van der Waals surface area contributed by atoms with Crippen LogP contribution in [0.5, 0.6) is 0 Å². The van der Waals surface area contributed by atoms with Gasteiger partial charge in [-0.3, -0.25) is 0 Å². The zero-order chi connectivity index (χ0) is 12.8. The maximum Gasteiger partial charge on any atom is 0.128 e. The maximum atomic E-state index is 6.00. The molecule has 0 amide bonds. The molecule has 0 aliphatic heterocycles. The molecule has 1 heterocycles. The average molecular weight is 253 g/mol. The number of nitrogens with two attached hydrogens (primary N) is 1. The van der Waals surface area contributed by atoms with E-state index < -0.39 is 0 Å². The molecule has 0 fully saturated rings. The smallest absolute Gasteiger partial charge is 0.128 e. The molecule has 17 heavy (non-hydrogen) atoms. The molecule has 0 bridgehead atoms. The van der Waals surface area contributed by atoms with Gasteiger partial charge in [-0.1, -0.05) is 20.8 Å². The predicted octanol–water partition coefficient (Wildman–Crippen LogP) is 2.76. The van der Waals surface area contributed by atoms with Crippen molar-refractivity contribution in [3.63, 3.8) is 0 Å². The zero-order valence-electron chi connectivity index (χ0n) is 11.2. The third-order valence-electron chi connectivity index (χ3n) is 2.63. The van der Waals surface area contributed by atoms with Crippen LogP contribution in [0.25, 0.3) is 0 Å². The number of rotatable bonds is 6. The molecule has 0 saturated heterocycles. The summed E-state index contributed by atoms with van der Waals surface area (Å²) >= 11 is 1.95. The molecule has 3 N–H and O–H groups in total. The molecular formula is C13H23N3S. The third-order valence-corrected chi connectivity index (χ3v) is 3.83. The fraction of sp³-hybridized carbons (Fsp3) is 0.615. The maximum absolute atomic E-state index is 6.00. The minimum absolute atomic E-state index is 0.293. The van der Waals surface area contributed by atoms with Gasteiger partial charge in [0.1, 0.15) is 5.82 Å². The lowest BCUT2D eigenvalue weighted by Crippen LogP contribution is -2.25. The molecule has 0 spiro atoms. The third kappa shape index (κ3) is 4.21. The summed E-state index contributed by atoms with van der Waals surface area (Å²) in [6.07, 6.45) is 1.77. The highest BCUT2D eigenvalue weighted by Gasteiger charge is 2.17. The largest absolute Gasteiger partial charge is 0.383 e. The van der Waals surface area contributed by atoms with Crippen molar-refractivity contribution in [1.82, 2.24) is 10.3 Å². The SMILES string of the molecule is CCNC(CSC(C)C)c1c(C)ccnc1N. The summed E-state index contributed by atoms with van der Waals surface area (Å²) in [5.74, 6) is 1.68. The molecular weight excluding hydrogens is 230 g/mol. The Morgan fingerprint density at radius 3 is 2.71 bits per heavy atom. The molecule has 4 heteroatoms. The normalized spacial score (nSPS) is 13.0. The Kier molecular flexibility index (Phi) is 5.78. The van der Waals surface area contributed by atoms with Gasteiger partial charge in [0.05, 0.1) is 0 Å². The Bertz CT molecular complexity index is 332. The van der Waals surface area contributed by atoms with Gasteiger partial charge >= 0.3 is 0 Å². The van der Waals surface area contributed by atoms with Gasteiger partial charge in [0.25, 0.3) is 0 Å². The summed E-state index contributed by atoms with van der Waals surface area (Å²) in [4.78, 5) is 4.20. The number of thioether (sulfide) groups is 1. The van der Waals surface area contributed by atoms with Gasteiger partial charge in [0, 0.05) is 23.6 Å². The molecule has 1 atom stereocenters. The highest BCUT2D eigenvalue weighted by atomic mass is 32.2. The Morgan fingerprint density at radius 1 is 1.47 bits per heavy atom. The van der Waals surface area contributed by atoms with Crippen LogP contribution in [0.3, 0.4) is 0 Å². The van der Waals surface area contributed by atoms with Crippen molar-refractivity contribution in [1.29, 1.82) is 0 Å². The van der Waals surface area contributed by atoms with Crippen LogP contribution in [-0.4, -0.2) is 22.5 Å². The Hall–Kier alpha value is -0.740. The summed E-state index contributed by atoms with van der Waals surface area (Å²) in [5.41, 5.74) is 8.37. The fourth-order valence-electron chi connectivity index (χ4n) is 1.82. The number of nitrogens with zero attached hydrogens (tertiary/aromatic N) is 1. The molecule has 3 nitrogen and oxygen atoms in total. The molecule has 0 radical (unpaired) electrons. The van der Waals surface area contributed by atoms with Gasteiger partial charge in [-0.15, -0.1) is 0 Å². The molecule has 0 aliphatic carbocycles. The van der Waals surface area contributed by atoms with Crippen LogP contribution in [0, 0.1) is 6.92 Å². The zero-order valence-corrected chi connectivity index (χ0v) is 12.0. The minimum atomic E-state index is 0.293. The first-order chi connectivity index (χ1) is 8.06. The van der Waals surface area contributed by atoms with Gasteiger partial charge in [-0.25, -0.2) is 4.98 Å². The number of hydrogen-bond donors (Lipinski definition) is 2. The number of hydrogen-bond acceptors (Lipinski definition) is 4. The van der Waals surface area contributed by atoms with Crippen molar-refractivity contribution in [2.75, 3.05) is 18.0 Å². The van der Waals surface area contributed by atoms with Crippen LogP contribution in [0.2, 0.25) is 0 Å². The van der Waals surface area contributed by atoms with Crippen LogP contribution in [0.15, 0.2) is 12.3 Å². The van der Waals surface area contributed by atoms with Crippen LogP contribution in [0.4, 0.5) is 5.82 Å². The number of aryl methyl sites for hydroxylation is 1. The van der Waals surface area contributed by atoms with E-state index in [2.05, 4.69) is 38.0 Å². The summed E-state index contributed by atoms with van der Waals surface area (Å²) in [6, 6.07) is 2.32. The molecule has 1 unspecified atom stereocenters. The fourth-order valence-corrected chi connectivity index (χ4v) is 2.69. The number of anilines is 1. The average Bonchev–Trinajstić information content (AvgIpc) is 2.25. The molecule has 96 valence electrons. The van der Waals surface area contributed by atoms with Crippen LogP contribution < -0.4 is 11.1 Å². The van der Waals surface area contributed by atoms with Crippen molar-refractivity contribution in [3.8, 4) is 0 Å². The second kappa shape index (κ2) is 6.87. The van der Waals surface area contributed by atoms with Crippen molar-refractivity contribution in [2.45, 2.75) is 39.0 Å². The van der Waals surface area contributed by atoms with Crippen molar-refractivity contribution in [3.05, 3.63) is 23.4 Å². The predicted molar refractivity (Wildman–Crippen MR) is 77.4 cm³/mol. The Morgan fingerprint density at radius 2 is 2.18 bits per heavy atom. The van der Waals surface area contributed by atoms with E-state index in [1.165, 1.54) is 5.56 Å². The number of nitrogen functional groups attached to an aromatic ring is 1. The molecule has 1 aromatic rings. The molecule has 1 aromatic heterocycles. The molecule has 1 rings (SSSR count). The standard InChI is InChI=1S/C13H23N3S/c1-5-15-11(8-17-9(2)3)12-10(4)6-7-16-13(12)14/h6-7,9,11,15H,5,8H2,1-4H3,(H2,14,16). The van der Waals surface area contributed by atoms with E-state index in [0.29, 0.717) is 17.1 Å². The summed E-state index contributed by atoms with van der Waals surface area (Å²) in [6.45, 7) is 9.59. The van der Waals surface area contributed by atoms with E-state index in [1.54, 1.807) is 6.20 Å². The van der Waals surface area contributed by atoms with Crippen molar-refractivity contribution >= 4 is 17.6 Å². The first-order valence-corrected chi connectivity index (χ1v) is 7.17. The number of nitrogens with one attached hydrogen (secondary N) is 1. The summed E-state index contributed by atoms with van der Waals surface area (Å²) < 4.78 is 0. The van der Waals surface area contributed by atoms with Crippen LogP contribution in [0.1, 0.15) is 37.9 Å². The highest BCUT2D eigenvalue weighted by molar-refractivity contribution is 7.99. The van der Waals surface area contributed by atoms with E-state index in [-0.39, 0.29) is 0 Å². The first kappa shape index (κ1) is 14.3. The van der Waals surface area contributed by atoms with Gasteiger partial charge < -0.3 is 11.1 Å². The second-order valence-corrected chi connectivity index (χ2v) is 6.03. The number of pyridine rings is 1.